The standard InChI is InChI=1S/C19H24N4O6/c1-11-21-22-16(28-11)10-26-12-6-7-15-14(8-12)23(5)17(24)13(9-27-15)20-18(25)29-19(2,3)4/h6-8,13H,9-10H2,1-5H3,(H,20,25)/t13-/m0/s1. The Kier molecular flexibility index (Phi) is 5.62. The third-order valence-corrected chi connectivity index (χ3v) is 3.95. The van der Waals surface area contributed by atoms with Crippen LogP contribution in [0.1, 0.15) is 32.6 Å². The Morgan fingerprint density at radius 3 is 2.76 bits per heavy atom. The second-order valence-electron chi connectivity index (χ2n) is 7.54. The number of nitrogens with one attached hydrogen (secondary N) is 1. The molecule has 1 aromatic carbocycles. The molecule has 0 spiro atoms. The summed E-state index contributed by atoms with van der Waals surface area (Å²) in [6.07, 6.45) is -0.683. The van der Waals surface area contributed by atoms with E-state index < -0.39 is 17.7 Å². The molecule has 2 aromatic rings. The normalized spacial score (nSPS) is 16.5. The van der Waals surface area contributed by atoms with Crippen molar-refractivity contribution in [3.05, 3.63) is 30.0 Å². The number of carbonyl (C=O) groups is 2. The number of likely N-dealkylation sites (N-methyl/N-ethyl adjacent to an activating group) is 1. The number of benzene rings is 1. The van der Waals surface area contributed by atoms with Gasteiger partial charge in [-0.2, -0.15) is 0 Å². The van der Waals surface area contributed by atoms with Gasteiger partial charge in [0.15, 0.2) is 6.61 Å². The summed E-state index contributed by atoms with van der Waals surface area (Å²) in [5.74, 6) is 1.46. The Labute approximate surface area is 168 Å². The fourth-order valence-corrected chi connectivity index (χ4v) is 2.66. The lowest BCUT2D eigenvalue weighted by Gasteiger charge is -2.23. The molecule has 1 aliphatic rings. The minimum absolute atomic E-state index is 0.0170. The molecule has 1 aliphatic heterocycles. The number of alkyl carbamates (subject to hydrolysis) is 1. The number of aryl methyl sites for hydroxylation is 1. The fraction of sp³-hybridized carbons (Fsp3) is 0.474. The number of hydrogen-bond donors (Lipinski definition) is 1. The molecule has 0 saturated heterocycles. The van der Waals surface area contributed by atoms with Crippen LogP contribution in [0.25, 0.3) is 0 Å². The first-order valence-corrected chi connectivity index (χ1v) is 9.08. The summed E-state index contributed by atoms with van der Waals surface area (Å²) in [6, 6.07) is 4.20. The molecule has 1 aromatic heterocycles. The first-order chi connectivity index (χ1) is 13.6. The number of rotatable bonds is 4. The van der Waals surface area contributed by atoms with E-state index in [9.17, 15) is 9.59 Å². The highest BCUT2D eigenvalue weighted by Gasteiger charge is 2.32. The van der Waals surface area contributed by atoms with E-state index in [1.807, 2.05) is 0 Å². The van der Waals surface area contributed by atoms with Crippen LogP contribution in [0.3, 0.4) is 0 Å². The predicted octanol–water partition coefficient (Wildman–Crippen LogP) is 2.21. The van der Waals surface area contributed by atoms with E-state index in [0.29, 0.717) is 29.0 Å². The second-order valence-corrected chi connectivity index (χ2v) is 7.54. The van der Waals surface area contributed by atoms with Crippen LogP contribution in [0, 0.1) is 6.92 Å². The van der Waals surface area contributed by atoms with Gasteiger partial charge in [-0.3, -0.25) is 4.79 Å². The highest BCUT2D eigenvalue weighted by Crippen LogP contribution is 2.34. The lowest BCUT2D eigenvalue weighted by molar-refractivity contribution is -0.120. The van der Waals surface area contributed by atoms with Crippen molar-refractivity contribution < 1.29 is 28.2 Å². The molecule has 0 radical (unpaired) electrons. The maximum atomic E-state index is 12.8. The van der Waals surface area contributed by atoms with Crippen molar-refractivity contribution in [3.8, 4) is 11.5 Å². The molecule has 2 heterocycles. The van der Waals surface area contributed by atoms with E-state index >= 15 is 0 Å². The number of fused-ring (bicyclic) bond motifs is 1. The SMILES string of the molecule is Cc1nnc(COc2ccc3c(c2)N(C)C(=O)[C@@H](NC(=O)OC(C)(C)C)CO3)o1. The van der Waals surface area contributed by atoms with Crippen molar-refractivity contribution in [2.75, 3.05) is 18.6 Å². The van der Waals surface area contributed by atoms with Gasteiger partial charge in [0.05, 0.1) is 5.69 Å². The minimum Gasteiger partial charge on any atom is -0.489 e. The molecule has 0 unspecified atom stereocenters. The summed E-state index contributed by atoms with van der Waals surface area (Å²) in [5.41, 5.74) is -0.154. The Hall–Kier alpha value is -3.30. The van der Waals surface area contributed by atoms with E-state index in [1.165, 1.54) is 4.90 Å². The van der Waals surface area contributed by atoms with Gasteiger partial charge in [-0.15, -0.1) is 10.2 Å². The molecule has 10 heteroatoms. The molecular weight excluding hydrogens is 380 g/mol. The number of ether oxygens (including phenoxy) is 3. The van der Waals surface area contributed by atoms with Gasteiger partial charge in [-0.25, -0.2) is 4.79 Å². The van der Waals surface area contributed by atoms with Gasteiger partial charge in [0.1, 0.15) is 29.7 Å². The Morgan fingerprint density at radius 1 is 1.34 bits per heavy atom. The average Bonchev–Trinajstić information content (AvgIpc) is 3.01. The zero-order chi connectivity index (χ0) is 21.2. The zero-order valence-electron chi connectivity index (χ0n) is 17.0. The maximum absolute atomic E-state index is 12.8. The molecule has 0 bridgehead atoms. The molecule has 0 fully saturated rings. The summed E-state index contributed by atoms with van der Waals surface area (Å²) < 4.78 is 21.9. The summed E-state index contributed by atoms with van der Waals surface area (Å²) in [7, 11) is 1.60. The van der Waals surface area contributed by atoms with Gasteiger partial charge in [-0.05, 0) is 32.9 Å². The topological polar surface area (TPSA) is 116 Å². The van der Waals surface area contributed by atoms with Crippen LogP contribution in [0.4, 0.5) is 10.5 Å². The van der Waals surface area contributed by atoms with Gasteiger partial charge in [0.25, 0.3) is 11.8 Å². The van der Waals surface area contributed by atoms with Gasteiger partial charge >= 0.3 is 6.09 Å². The van der Waals surface area contributed by atoms with Crippen LogP contribution in [0.2, 0.25) is 0 Å². The lowest BCUT2D eigenvalue weighted by Crippen LogP contribution is -2.50. The quantitative estimate of drug-likeness (QED) is 0.824. The number of anilines is 1. The number of aromatic nitrogens is 2. The largest absolute Gasteiger partial charge is 0.489 e. The lowest BCUT2D eigenvalue weighted by atomic mass is 10.2. The van der Waals surface area contributed by atoms with Crippen molar-refractivity contribution >= 4 is 17.7 Å². The fourth-order valence-electron chi connectivity index (χ4n) is 2.66. The molecule has 2 amide bonds. The van der Waals surface area contributed by atoms with Gasteiger partial charge in [0.2, 0.25) is 5.89 Å². The summed E-state index contributed by atoms with van der Waals surface area (Å²) in [4.78, 5) is 26.3. The van der Waals surface area contributed by atoms with Gasteiger partial charge in [-0.1, -0.05) is 0 Å². The van der Waals surface area contributed by atoms with Crippen LogP contribution < -0.4 is 19.7 Å². The Morgan fingerprint density at radius 2 is 2.10 bits per heavy atom. The van der Waals surface area contributed by atoms with Crippen LogP contribution >= 0.6 is 0 Å². The average molecular weight is 404 g/mol. The Bertz CT molecular complexity index is 904. The van der Waals surface area contributed by atoms with Gasteiger partial charge in [0, 0.05) is 20.0 Å². The highest BCUT2D eigenvalue weighted by atomic mass is 16.6. The van der Waals surface area contributed by atoms with Gasteiger partial charge < -0.3 is 28.8 Å². The van der Waals surface area contributed by atoms with E-state index in [0.717, 1.165) is 0 Å². The highest BCUT2D eigenvalue weighted by molar-refractivity contribution is 6.00. The molecule has 3 rings (SSSR count). The molecule has 1 N–H and O–H groups in total. The first kappa shape index (κ1) is 20.4. The minimum atomic E-state index is -0.881. The number of carbonyl (C=O) groups excluding carboxylic acids is 2. The molecule has 1 atom stereocenters. The maximum Gasteiger partial charge on any atom is 0.408 e. The van der Waals surface area contributed by atoms with Crippen LogP contribution in [0.15, 0.2) is 22.6 Å². The zero-order valence-corrected chi connectivity index (χ0v) is 17.0. The molecule has 0 saturated carbocycles. The van der Waals surface area contributed by atoms with Crippen LogP contribution in [-0.4, -0.2) is 47.5 Å². The van der Waals surface area contributed by atoms with E-state index in [-0.39, 0.29) is 19.1 Å². The third kappa shape index (κ3) is 5.15. The van der Waals surface area contributed by atoms with E-state index in [4.69, 9.17) is 18.6 Å². The number of hydrogen-bond acceptors (Lipinski definition) is 8. The van der Waals surface area contributed by atoms with Crippen LogP contribution in [-0.2, 0) is 16.1 Å². The van der Waals surface area contributed by atoms with Crippen molar-refractivity contribution in [1.29, 1.82) is 0 Å². The van der Waals surface area contributed by atoms with Crippen LogP contribution in [0.5, 0.6) is 11.5 Å². The molecule has 10 nitrogen and oxygen atoms in total. The summed E-state index contributed by atoms with van der Waals surface area (Å²) >= 11 is 0. The van der Waals surface area contributed by atoms with Crippen molar-refractivity contribution in [2.45, 2.75) is 45.9 Å². The van der Waals surface area contributed by atoms with Crippen molar-refractivity contribution in [2.24, 2.45) is 0 Å². The Balaban J connectivity index is 1.70. The molecule has 0 aliphatic carbocycles. The number of amides is 2. The molecule has 29 heavy (non-hydrogen) atoms. The van der Waals surface area contributed by atoms with E-state index in [1.54, 1.807) is 52.9 Å². The van der Waals surface area contributed by atoms with E-state index in [2.05, 4.69) is 15.5 Å². The molecule has 156 valence electrons. The monoisotopic (exact) mass is 404 g/mol. The van der Waals surface area contributed by atoms with Crippen molar-refractivity contribution in [3.63, 3.8) is 0 Å². The number of nitrogens with zero attached hydrogens (tertiary/aromatic N) is 3. The summed E-state index contributed by atoms with van der Waals surface area (Å²) in [6.45, 7) is 7.02. The predicted molar refractivity (Wildman–Crippen MR) is 102 cm³/mol. The third-order valence-electron chi connectivity index (χ3n) is 3.95. The smallest absolute Gasteiger partial charge is 0.408 e. The first-order valence-electron chi connectivity index (χ1n) is 9.08. The molecular formula is C19H24N4O6. The second kappa shape index (κ2) is 7.98. The van der Waals surface area contributed by atoms with Crippen molar-refractivity contribution in [1.82, 2.24) is 15.5 Å². The summed E-state index contributed by atoms with van der Waals surface area (Å²) in [5, 5.41) is 10.2.